The second-order valence-corrected chi connectivity index (χ2v) is 10.1. The molecule has 0 radical (unpaired) electrons. The Balaban J connectivity index is 1.59. The molecule has 0 aliphatic heterocycles. The van der Waals surface area contributed by atoms with E-state index in [0.29, 0.717) is 16.7 Å². The number of phenols is 1. The summed E-state index contributed by atoms with van der Waals surface area (Å²) in [5.74, 6) is -3.97. The number of nitrogens with two attached hydrogens (primary N) is 2. The predicted molar refractivity (Wildman–Crippen MR) is 159 cm³/mol. The van der Waals surface area contributed by atoms with Gasteiger partial charge in [0.2, 0.25) is 29.5 Å². The van der Waals surface area contributed by atoms with Crippen molar-refractivity contribution in [3.8, 4) is 5.75 Å². The van der Waals surface area contributed by atoms with Gasteiger partial charge in [0.05, 0.1) is 12.6 Å². The van der Waals surface area contributed by atoms with Gasteiger partial charge in [-0.3, -0.25) is 24.0 Å². The van der Waals surface area contributed by atoms with Gasteiger partial charge < -0.3 is 37.8 Å². The molecular formula is C31H35FN6O6. The van der Waals surface area contributed by atoms with Crippen LogP contribution >= 0.6 is 0 Å². The number of nitrogens with one attached hydrogen (secondary N) is 4. The van der Waals surface area contributed by atoms with Crippen molar-refractivity contribution in [2.24, 2.45) is 11.5 Å². The van der Waals surface area contributed by atoms with Crippen molar-refractivity contribution in [1.82, 2.24) is 21.3 Å². The molecule has 9 N–H and O–H groups in total. The number of hydrogen-bond acceptors (Lipinski definition) is 7. The van der Waals surface area contributed by atoms with Crippen LogP contribution in [0.2, 0.25) is 0 Å². The number of carbonyl (C=O) groups is 5. The number of amides is 5. The summed E-state index contributed by atoms with van der Waals surface area (Å²) in [5, 5.41) is 19.3. The van der Waals surface area contributed by atoms with Gasteiger partial charge in [0.15, 0.2) is 0 Å². The topological polar surface area (TPSA) is 206 Å². The highest BCUT2D eigenvalue weighted by molar-refractivity contribution is 5.94. The van der Waals surface area contributed by atoms with E-state index in [-0.39, 0.29) is 18.6 Å². The van der Waals surface area contributed by atoms with Gasteiger partial charge in [0.1, 0.15) is 29.7 Å². The Labute approximate surface area is 253 Å². The van der Waals surface area contributed by atoms with Crippen LogP contribution in [0.15, 0.2) is 78.9 Å². The minimum atomic E-state index is -1.22. The van der Waals surface area contributed by atoms with Crippen LogP contribution in [0.3, 0.4) is 0 Å². The molecule has 4 atom stereocenters. The minimum Gasteiger partial charge on any atom is -0.508 e. The van der Waals surface area contributed by atoms with Crippen LogP contribution < -0.4 is 32.7 Å². The molecule has 232 valence electrons. The molecule has 0 fully saturated rings. The Kier molecular flexibility index (Phi) is 11.9. The summed E-state index contributed by atoms with van der Waals surface area (Å²) >= 11 is 0. The quantitative estimate of drug-likeness (QED) is 0.135. The Morgan fingerprint density at radius 1 is 0.773 bits per heavy atom. The fraction of sp³-hybridized carbons (Fsp3) is 0.258. The van der Waals surface area contributed by atoms with Crippen molar-refractivity contribution in [2.75, 3.05) is 6.54 Å². The zero-order valence-electron chi connectivity index (χ0n) is 24.0. The highest BCUT2D eigenvalue weighted by Crippen LogP contribution is 2.14. The van der Waals surface area contributed by atoms with Crippen LogP contribution in [0, 0.1) is 5.82 Å². The second-order valence-electron chi connectivity index (χ2n) is 10.1. The molecule has 3 rings (SSSR count). The Morgan fingerprint density at radius 2 is 1.36 bits per heavy atom. The molecule has 3 aromatic rings. The minimum absolute atomic E-state index is 0.0581. The summed E-state index contributed by atoms with van der Waals surface area (Å²) in [5.41, 5.74) is 13.1. The molecule has 0 saturated heterocycles. The number of carbonyl (C=O) groups excluding carboxylic acids is 5. The van der Waals surface area contributed by atoms with E-state index in [2.05, 4.69) is 21.3 Å². The average Bonchev–Trinajstić information content (AvgIpc) is 3.00. The summed E-state index contributed by atoms with van der Waals surface area (Å²) < 4.78 is 13.4. The van der Waals surface area contributed by atoms with Gasteiger partial charge in [0, 0.05) is 6.42 Å². The third-order valence-corrected chi connectivity index (χ3v) is 6.61. The largest absolute Gasteiger partial charge is 0.508 e. The lowest BCUT2D eigenvalue weighted by Crippen LogP contribution is -2.54. The number of hydrogen-bond donors (Lipinski definition) is 7. The van der Waals surface area contributed by atoms with Crippen LogP contribution in [-0.4, -0.2) is 59.3 Å². The van der Waals surface area contributed by atoms with Crippen LogP contribution in [0.1, 0.15) is 29.7 Å². The molecule has 13 heteroatoms. The van der Waals surface area contributed by atoms with E-state index in [1.165, 1.54) is 43.3 Å². The molecule has 0 aliphatic rings. The summed E-state index contributed by atoms with van der Waals surface area (Å²) in [4.78, 5) is 63.2. The van der Waals surface area contributed by atoms with Gasteiger partial charge in [-0.25, -0.2) is 4.39 Å². The first-order chi connectivity index (χ1) is 20.9. The number of benzene rings is 3. The molecular weight excluding hydrogens is 571 g/mol. The maximum Gasteiger partial charge on any atom is 0.244 e. The number of halogens is 1. The molecule has 0 bridgehead atoms. The molecule has 5 amide bonds. The smallest absolute Gasteiger partial charge is 0.244 e. The molecule has 0 saturated carbocycles. The fourth-order valence-corrected chi connectivity index (χ4v) is 4.20. The lowest BCUT2D eigenvalue weighted by molar-refractivity contribution is -0.132. The van der Waals surface area contributed by atoms with Gasteiger partial charge >= 0.3 is 0 Å². The monoisotopic (exact) mass is 606 g/mol. The van der Waals surface area contributed by atoms with Gasteiger partial charge in [-0.15, -0.1) is 0 Å². The number of aromatic hydroxyl groups is 1. The van der Waals surface area contributed by atoms with Crippen molar-refractivity contribution in [2.45, 2.75) is 43.9 Å². The molecule has 0 heterocycles. The number of primary amides is 1. The van der Waals surface area contributed by atoms with E-state index in [9.17, 15) is 33.5 Å². The summed E-state index contributed by atoms with van der Waals surface area (Å²) in [6, 6.07) is 15.4. The summed E-state index contributed by atoms with van der Waals surface area (Å²) in [6.45, 7) is 0.875. The predicted octanol–water partition coefficient (Wildman–Crippen LogP) is 0.0923. The van der Waals surface area contributed by atoms with Crippen LogP contribution in [-0.2, 0) is 36.8 Å². The van der Waals surface area contributed by atoms with E-state index >= 15 is 0 Å². The van der Waals surface area contributed by atoms with Crippen LogP contribution in [0.25, 0.3) is 0 Å². The van der Waals surface area contributed by atoms with E-state index in [1.807, 2.05) is 0 Å². The zero-order valence-corrected chi connectivity index (χ0v) is 24.0. The Morgan fingerprint density at radius 3 is 1.98 bits per heavy atom. The fourth-order valence-electron chi connectivity index (χ4n) is 4.20. The highest BCUT2D eigenvalue weighted by Gasteiger charge is 2.27. The van der Waals surface area contributed by atoms with Crippen molar-refractivity contribution in [3.05, 3.63) is 101 Å². The third kappa shape index (κ3) is 10.2. The molecule has 44 heavy (non-hydrogen) atoms. The number of phenolic OH excluding ortho intramolecular Hbond substituents is 1. The van der Waals surface area contributed by atoms with Crippen molar-refractivity contribution < 1.29 is 33.5 Å². The first kappa shape index (κ1) is 33.2. The molecule has 0 aliphatic carbocycles. The van der Waals surface area contributed by atoms with E-state index in [1.54, 1.807) is 42.5 Å². The SMILES string of the molecule is C[C@@H](NC(=O)[C@@H](N)Cc1ccc(O)cc1)C(=O)NCC(=O)N[C@H](Cc1ccc(F)cc1)C(=O)N[C@H](C(N)=O)c1ccccc1. The molecule has 0 spiro atoms. The number of rotatable bonds is 14. The van der Waals surface area contributed by atoms with Crippen LogP contribution in [0.5, 0.6) is 5.75 Å². The summed E-state index contributed by atoms with van der Waals surface area (Å²) in [7, 11) is 0. The maximum atomic E-state index is 13.4. The average molecular weight is 607 g/mol. The zero-order chi connectivity index (χ0) is 32.2. The second kappa shape index (κ2) is 15.8. The molecule has 0 unspecified atom stereocenters. The lowest BCUT2D eigenvalue weighted by Gasteiger charge is -2.23. The normalized spacial score (nSPS) is 13.4. The third-order valence-electron chi connectivity index (χ3n) is 6.61. The first-order valence-corrected chi connectivity index (χ1v) is 13.7. The Hall–Kier alpha value is -5.30. The first-order valence-electron chi connectivity index (χ1n) is 13.7. The molecule has 3 aromatic carbocycles. The van der Waals surface area contributed by atoms with Gasteiger partial charge in [-0.1, -0.05) is 54.6 Å². The van der Waals surface area contributed by atoms with Gasteiger partial charge in [-0.05, 0) is 54.3 Å². The van der Waals surface area contributed by atoms with Gasteiger partial charge in [-0.2, -0.15) is 0 Å². The van der Waals surface area contributed by atoms with E-state index < -0.39 is 66.1 Å². The highest BCUT2D eigenvalue weighted by atomic mass is 19.1. The van der Waals surface area contributed by atoms with Crippen molar-refractivity contribution in [1.29, 1.82) is 0 Å². The maximum absolute atomic E-state index is 13.4. The van der Waals surface area contributed by atoms with Crippen LogP contribution in [0.4, 0.5) is 4.39 Å². The lowest BCUT2D eigenvalue weighted by atomic mass is 10.0. The van der Waals surface area contributed by atoms with Crippen molar-refractivity contribution in [3.63, 3.8) is 0 Å². The molecule has 0 aromatic heterocycles. The van der Waals surface area contributed by atoms with Gasteiger partial charge in [0.25, 0.3) is 0 Å². The molecule has 12 nitrogen and oxygen atoms in total. The van der Waals surface area contributed by atoms with E-state index in [4.69, 9.17) is 11.5 Å². The summed E-state index contributed by atoms with van der Waals surface area (Å²) in [6.07, 6.45) is 0.110. The van der Waals surface area contributed by atoms with E-state index in [0.717, 1.165) is 0 Å². The Bertz CT molecular complexity index is 1450. The standard InChI is InChI=1S/C31H35FN6O6/c1-18(36-30(43)24(33)15-19-9-13-23(39)14-10-19)29(42)35-17-26(40)37-25(16-20-7-11-22(32)12-8-20)31(44)38-27(28(34)41)21-5-3-2-4-6-21/h2-14,18,24-25,27,39H,15-17,33H2,1H3,(H2,34,41)(H,35,42)(H,36,43)(H,37,40)(H,38,44)/t18-,24+,25-,27+/m1/s1. The van der Waals surface area contributed by atoms with Crippen molar-refractivity contribution >= 4 is 29.5 Å².